The van der Waals surface area contributed by atoms with Crippen LogP contribution in [0.1, 0.15) is 43.2 Å². The average molecular weight is 263 g/mol. The van der Waals surface area contributed by atoms with E-state index in [0.29, 0.717) is 18.1 Å². The number of hydrogen-bond donors (Lipinski definition) is 2. The van der Waals surface area contributed by atoms with Crippen molar-refractivity contribution in [1.29, 1.82) is 0 Å². The Morgan fingerprint density at radius 1 is 1.58 bits per heavy atom. The molecule has 0 bridgehead atoms. The van der Waals surface area contributed by atoms with Crippen LogP contribution in [0.5, 0.6) is 0 Å². The lowest BCUT2D eigenvalue weighted by molar-refractivity contribution is 0.00768. The van der Waals surface area contributed by atoms with Gasteiger partial charge in [-0.15, -0.1) is 0 Å². The average Bonchev–Trinajstić information content (AvgIpc) is 3.08. The van der Waals surface area contributed by atoms with E-state index in [1.54, 1.807) is 12.5 Å². The predicted octanol–water partition coefficient (Wildman–Crippen LogP) is 1.06. The molecule has 1 unspecified atom stereocenters. The molecule has 2 aromatic rings. The Kier molecular flexibility index (Phi) is 3.08. The Balaban J connectivity index is 1.73. The van der Waals surface area contributed by atoms with Gasteiger partial charge >= 0.3 is 0 Å². The molecule has 0 radical (unpaired) electrons. The summed E-state index contributed by atoms with van der Waals surface area (Å²) >= 11 is 0. The minimum Gasteiger partial charge on any atom is -0.367 e. The zero-order valence-corrected chi connectivity index (χ0v) is 10.8. The smallest absolute Gasteiger partial charge is 0.244 e. The first kappa shape index (κ1) is 12.3. The summed E-state index contributed by atoms with van der Waals surface area (Å²) in [5.74, 6) is 1.02. The lowest BCUT2D eigenvalue weighted by Crippen LogP contribution is -2.22. The summed E-state index contributed by atoms with van der Waals surface area (Å²) in [7, 11) is 0. The molecule has 19 heavy (non-hydrogen) atoms. The predicted molar refractivity (Wildman–Crippen MR) is 66.1 cm³/mol. The third-order valence-electron chi connectivity index (χ3n) is 3.45. The van der Waals surface area contributed by atoms with Gasteiger partial charge in [-0.25, -0.2) is 4.98 Å². The minimum absolute atomic E-state index is 0.341. The van der Waals surface area contributed by atoms with Gasteiger partial charge in [-0.2, -0.15) is 4.98 Å². The van der Waals surface area contributed by atoms with Crippen LogP contribution in [0.25, 0.3) is 0 Å². The minimum atomic E-state index is -0.435. The van der Waals surface area contributed by atoms with Crippen LogP contribution in [0.15, 0.2) is 17.0 Å². The highest BCUT2D eigenvalue weighted by Crippen LogP contribution is 2.34. The van der Waals surface area contributed by atoms with Gasteiger partial charge < -0.3 is 20.0 Å². The molecule has 3 N–H and O–H groups in total. The summed E-state index contributed by atoms with van der Waals surface area (Å²) in [5.41, 5.74) is 6.56. The SMILES string of the molecule is CC1(c2noc([C@H](N)Cc3cnc[nH]3)n2)CCCO1. The summed E-state index contributed by atoms with van der Waals surface area (Å²) in [4.78, 5) is 11.3. The number of nitrogens with zero attached hydrogens (tertiary/aromatic N) is 3. The number of ether oxygens (including phenoxy) is 1. The molecule has 2 aromatic heterocycles. The maximum Gasteiger partial charge on any atom is 0.244 e. The quantitative estimate of drug-likeness (QED) is 0.855. The lowest BCUT2D eigenvalue weighted by Gasteiger charge is -2.17. The highest BCUT2D eigenvalue weighted by molar-refractivity contribution is 5.06. The molecule has 0 amide bonds. The monoisotopic (exact) mass is 263 g/mol. The summed E-state index contributed by atoms with van der Waals surface area (Å²) in [6.45, 7) is 2.72. The number of rotatable bonds is 4. The van der Waals surface area contributed by atoms with E-state index in [1.165, 1.54) is 0 Å². The summed E-state index contributed by atoms with van der Waals surface area (Å²) in [6, 6.07) is -0.341. The molecular weight excluding hydrogens is 246 g/mol. The van der Waals surface area contributed by atoms with Gasteiger partial charge in [-0.1, -0.05) is 5.16 Å². The Bertz CT molecular complexity index is 530. The van der Waals surface area contributed by atoms with E-state index >= 15 is 0 Å². The number of aromatic amines is 1. The fourth-order valence-corrected chi connectivity index (χ4v) is 2.28. The Morgan fingerprint density at radius 3 is 3.16 bits per heavy atom. The third kappa shape index (κ3) is 2.39. The van der Waals surface area contributed by atoms with Crippen LogP contribution in [0.3, 0.4) is 0 Å². The van der Waals surface area contributed by atoms with Crippen molar-refractivity contribution in [3.05, 3.63) is 29.9 Å². The van der Waals surface area contributed by atoms with Crippen molar-refractivity contribution in [2.24, 2.45) is 5.73 Å². The van der Waals surface area contributed by atoms with Crippen LogP contribution in [0, 0.1) is 0 Å². The number of nitrogens with two attached hydrogens (primary N) is 1. The summed E-state index contributed by atoms with van der Waals surface area (Å²) in [6.07, 6.45) is 5.86. The molecule has 0 aromatic carbocycles. The van der Waals surface area contributed by atoms with Crippen molar-refractivity contribution in [3.8, 4) is 0 Å². The second kappa shape index (κ2) is 4.75. The fourth-order valence-electron chi connectivity index (χ4n) is 2.28. The van der Waals surface area contributed by atoms with Gasteiger partial charge in [0, 0.05) is 24.9 Å². The van der Waals surface area contributed by atoms with Crippen molar-refractivity contribution in [2.45, 2.75) is 37.8 Å². The molecule has 7 nitrogen and oxygen atoms in total. The van der Waals surface area contributed by atoms with E-state index < -0.39 is 5.60 Å². The molecule has 1 fully saturated rings. The number of hydrogen-bond acceptors (Lipinski definition) is 6. The molecule has 102 valence electrons. The molecule has 0 spiro atoms. The van der Waals surface area contributed by atoms with Crippen molar-refractivity contribution in [3.63, 3.8) is 0 Å². The molecule has 7 heteroatoms. The summed E-state index contributed by atoms with van der Waals surface area (Å²) in [5, 5.41) is 4.00. The van der Waals surface area contributed by atoms with E-state index in [2.05, 4.69) is 20.1 Å². The van der Waals surface area contributed by atoms with Gasteiger partial charge in [0.05, 0.1) is 12.4 Å². The van der Waals surface area contributed by atoms with Crippen LogP contribution in [-0.2, 0) is 16.8 Å². The molecule has 2 atom stereocenters. The van der Waals surface area contributed by atoms with E-state index in [9.17, 15) is 0 Å². The fraction of sp³-hybridized carbons (Fsp3) is 0.583. The first-order valence-electron chi connectivity index (χ1n) is 6.38. The Morgan fingerprint density at radius 2 is 2.47 bits per heavy atom. The zero-order chi connectivity index (χ0) is 13.3. The van der Waals surface area contributed by atoms with Gasteiger partial charge in [0.25, 0.3) is 0 Å². The molecule has 1 aliphatic rings. The topological polar surface area (TPSA) is 103 Å². The van der Waals surface area contributed by atoms with Crippen LogP contribution < -0.4 is 5.73 Å². The summed E-state index contributed by atoms with van der Waals surface area (Å²) < 4.78 is 10.9. The molecule has 1 saturated heterocycles. The second-order valence-corrected chi connectivity index (χ2v) is 5.03. The number of H-pyrrole nitrogens is 1. The molecule has 3 heterocycles. The van der Waals surface area contributed by atoms with E-state index in [4.69, 9.17) is 15.0 Å². The lowest BCUT2D eigenvalue weighted by atomic mass is 10.0. The number of aromatic nitrogens is 4. The van der Waals surface area contributed by atoms with E-state index in [0.717, 1.165) is 25.1 Å². The standard InChI is InChI=1S/C12H17N5O2/c1-12(3-2-4-18-12)11-16-10(19-17-11)9(13)5-8-6-14-7-15-8/h6-7,9H,2-5,13H2,1H3,(H,14,15)/t9-,12?/m1/s1. The molecule has 0 saturated carbocycles. The first-order valence-corrected chi connectivity index (χ1v) is 6.38. The van der Waals surface area contributed by atoms with Crippen molar-refractivity contribution in [2.75, 3.05) is 6.61 Å². The van der Waals surface area contributed by atoms with Crippen LogP contribution >= 0.6 is 0 Å². The maximum atomic E-state index is 6.06. The van der Waals surface area contributed by atoms with E-state index in [-0.39, 0.29) is 6.04 Å². The van der Waals surface area contributed by atoms with Crippen molar-refractivity contribution in [1.82, 2.24) is 20.1 Å². The van der Waals surface area contributed by atoms with Crippen LogP contribution in [-0.4, -0.2) is 26.7 Å². The van der Waals surface area contributed by atoms with Gasteiger partial charge in [0.1, 0.15) is 5.60 Å². The zero-order valence-electron chi connectivity index (χ0n) is 10.8. The largest absolute Gasteiger partial charge is 0.367 e. The second-order valence-electron chi connectivity index (χ2n) is 5.03. The van der Waals surface area contributed by atoms with Gasteiger partial charge in [-0.3, -0.25) is 0 Å². The third-order valence-corrected chi connectivity index (χ3v) is 3.45. The molecule has 0 aliphatic carbocycles. The normalized spacial score (nSPS) is 24.7. The molecular formula is C12H17N5O2. The first-order chi connectivity index (χ1) is 9.17. The van der Waals surface area contributed by atoms with E-state index in [1.807, 2.05) is 6.92 Å². The van der Waals surface area contributed by atoms with Gasteiger partial charge in [0.15, 0.2) is 0 Å². The van der Waals surface area contributed by atoms with Gasteiger partial charge in [-0.05, 0) is 19.8 Å². The van der Waals surface area contributed by atoms with Crippen LogP contribution in [0.4, 0.5) is 0 Å². The Labute approximate surface area is 110 Å². The highest BCUT2D eigenvalue weighted by Gasteiger charge is 2.37. The van der Waals surface area contributed by atoms with Crippen LogP contribution in [0.2, 0.25) is 0 Å². The van der Waals surface area contributed by atoms with Crippen molar-refractivity contribution >= 4 is 0 Å². The highest BCUT2D eigenvalue weighted by atomic mass is 16.5. The number of imidazole rings is 1. The maximum absolute atomic E-state index is 6.06. The van der Waals surface area contributed by atoms with Crippen molar-refractivity contribution < 1.29 is 9.26 Å². The van der Waals surface area contributed by atoms with Gasteiger partial charge in [0.2, 0.25) is 11.7 Å². The Hall–Kier alpha value is -1.73. The number of nitrogens with one attached hydrogen (secondary N) is 1. The molecule has 3 rings (SSSR count). The molecule has 1 aliphatic heterocycles.